The lowest BCUT2D eigenvalue weighted by atomic mass is 9.95. The van der Waals surface area contributed by atoms with Crippen LogP contribution in [0.2, 0.25) is 0 Å². The molecule has 118 valence electrons. The molecular formula is C15H19N3O3S. The summed E-state index contributed by atoms with van der Waals surface area (Å²) in [5.74, 6) is 0.447. The molecular weight excluding hydrogens is 302 g/mol. The van der Waals surface area contributed by atoms with Crippen LogP contribution in [-0.2, 0) is 10.0 Å². The molecule has 0 saturated heterocycles. The first-order chi connectivity index (χ1) is 10.6. The number of sulfonamides is 1. The molecule has 6 nitrogen and oxygen atoms in total. The van der Waals surface area contributed by atoms with Crippen LogP contribution in [0, 0.1) is 0 Å². The summed E-state index contributed by atoms with van der Waals surface area (Å²) >= 11 is 0. The van der Waals surface area contributed by atoms with Crippen molar-refractivity contribution in [3.8, 4) is 11.5 Å². The van der Waals surface area contributed by atoms with Crippen LogP contribution in [0.15, 0.2) is 45.6 Å². The van der Waals surface area contributed by atoms with Crippen LogP contribution < -0.4 is 4.72 Å². The zero-order valence-electron chi connectivity index (χ0n) is 12.4. The third kappa shape index (κ3) is 3.15. The lowest BCUT2D eigenvalue weighted by Gasteiger charge is -2.20. The van der Waals surface area contributed by atoms with Crippen molar-refractivity contribution in [2.75, 3.05) is 0 Å². The lowest BCUT2D eigenvalue weighted by molar-refractivity contribution is 0.452. The molecule has 0 spiro atoms. The minimum atomic E-state index is -3.67. The predicted octanol–water partition coefficient (Wildman–Crippen LogP) is 2.84. The smallest absolute Gasteiger partial charge is 0.274 e. The van der Waals surface area contributed by atoms with Crippen molar-refractivity contribution in [3.63, 3.8) is 0 Å². The molecule has 0 aliphatic heterocycles. The Labute approximate surface area is 129 Å². The van der Waals surface area contributed by atoms with Crippen LogP contribution in [0.4, 0.5) is 0 Å². The predicted molar refractivity (Wildman–Crippen MR) is 82.6 cm³/mol. The summed E-state index contributed by atoms with van der Waals surface area (Å²) in [5, 5.41) is 6.48. The van der Waals surface area contributed by atoms with Gasteiger partial charge in [-0.3, -0.25) is 5.10 Å². The summed E-state index contributed by atoms with van der Waals surface area (Å²) in [6, 6.07) is 4.58. The van der Waals surface area contributed by atoms with Crippen molar-refractivity contribution < 1.29 is 12.8 Å². The van der Waals surface area contributed by atoms with Crippen molar-refractivity contribution in [3.05, 3.63) is 36.0 Å². The van der Waals surface area contributed by atoms with Gasteiger partial charge in [0, 0.05) is 12.2 Å². The molecule has 1 aliphatic carbocycles. The first-order valence-electron chi connectivity index (χ1n) is 7.37. The second kappa shape index (κ2) is 6.10. The highest BCUT2D eigenvalue weighted by molar-refractivity contribution is 7.89. The number of rotatable bonds is 5. The van der Waals surface area contributed by atoms with Crippen LogP contribution in [0.1, 0.15) is 32.6 Å². The number of nitrogens with one attached hydrogen (secondary N) is 2. The zero-order chi connectivity index (χ0) is 15.6. The fourth-order valence-electron chi connectivity index (χ4n) is 2.63. The Morgan fingerprint density at radius 2 is 2.18 bits per heavy atom. The number of nitrogens with zero attached hydrogens (tertiary/aromatic N) is 1. The molecule has 0 saturated carbocycles. The summed E-state index contributed by atoms with van der Waals surface area (Å²) in [7, 11) is -3.67. The van der Waals surface area contributed by atoms with Gasteiger partial charge in [-0.05, 0) is 50.8 Å². The number of hydrogen-bond donors (Lipinski definition) is 2. The fraction of sp³-hybridized carbons (Fsp3) is 0.400. The summed E-state index contributed by atoms with van der Waals surface area (Å²) in [6.45, 7) is 1.87. The summed E-state index contributed by atoms with van der Waals surface area (Å²) in [4.78, 5) is 0. The van der Waals surface area contributed by atoms with E-state index in [2.05, 4.69) is 21.0 Å². The molecule has 2 N–H and O–H groups in total. The van der Waals surface area contributed by atoms with E-state index in [1.807, 2.05) is 6.92 Å². The number of H-pyrrole nitrogens is 1. The van der Waals surface area contributed by atoms with E-state index in [0.29, 0.717) is 11.5 Å². The highest BCUT2D eigenvalue weighted by Crippen LogP contribution is 2.24. The molecule has 0 unspecified atom stereocenters. The molecule has 0 aromatic carbocycles. The molecule has 1 atom stereocenters. The number of allylic oxidation sites excluding steroid dienone is 1. The summed E-state index contributed by atoms with van der Waals surface area (Å²) in [5.41, 5.74) is 1.79. The van der Waals surface area contributed by atoms with E-state index in [-0.39, 0.29) is 11.1 Å². The van der Waals surface area contributed by atoms with E-state index in [0.717, 1.165) is 24.8 Å². The quantitative estimate of drug-likeness (QED) is 0.829. The second-order valence-electron chi connectivity index (χ2n) is 5.46. The highest BCUT2D eigenvalue weighted by Gasteiger charge is 2.24. The summed E-state index contributed by atoms with van der Waals surface area (Å²) in [6.07, 6.45) is 7.97. The van der Waals surface area contributed by atoms with E-state index in [9.17, 15) is 8.42 Å². The van der Waals surface area contributed by atoms with Gasteiger partial charge < -0.3 is 4.42 Å². The van der Waals surface area contributed by atoms with Crippen molar-refractivity contribution >= 4 is 10.0 Å². The molecule has 7 heteroatoms. The van der Waals surface area contributed by atoms with Crippen LogP contribution in [-0.4, -0.2) is 24.7 Å². The molecule has 2 heterocycles. The van der Waals surface area contributed by atoms with E-state index < -0.39 is 10.0 Å². The van der Waals surface area contributed by atoms with Crippen molar-refractivity contribution in [2.45, 2.75) is 43.7 Å². The number of hydrogen-bond acceptors (Lipinski definition) is 4. The lowest BCUT2D eigenvalue weighted by Crippen LogP contribution is -2.34. The average molecular weight is 321 g/mol. The molecule has 2 aromatic rings. The fourth-order valence-corrected chi connectivity index (χ4v) is 3.80. The van der Waals surface area contributed by atoms with Crippen LogP contribution >= 0.6 is 0 Å². The van der Waals surface area contributed by atoms with Crippen molar-refractivity contribution in [1.82, 2.24) is 14.9 Å². The summed E-state index contributed by atoms with van der Waals surface area (Å²) < 4.78 is 32.9. The molecule has 0 fully saturated rings. The molecule has 3 rings (SSSR count). The van der Waals surface area contributed by atoms with E-state index in [4.69, 9.17) is 4.42 Å². The van der Waals surface area contributed by atoms with Crippen LogP contribution in [0.5, 0.6) is 0 Å². The number of furan rings is 1. The Bertz CT molecular complexity index is 760. The Morgan fingerprint density at radius 3 is 2.86 bits per heavy atom. The molecule has 1 aliphatic rings. The normalized spacial score (nSPS) is 17.2. The Hall–Kier alpha value is -1.86. The van der Waals surface area contributed by atoms with Gasteiger partial charge in [-0.2, -0.15) is 5.10 Å². The molecule has 0 radical (unpaired) electrons. The molecule has 22 heavy (non-hydrogen) atoms. The maximum Gasteiger partial charge on any atom is 0.274 e. The van der Waals surface area contributed by atoms with Crippen molar-refractivity contribution in [1.29, 1.82) is 0 Å². The SMILES string of the molecule is C[C@@H](NS(=O)(=O)c1ccc(-c2ccn[nH]2)o1)C1=CCCCC1. The molecule has 2 aromatic heterocycles. The third-order valence-corrected chi connectivity index (χ3v) is 5.24. The van der Waals surface area contributed by atoms with Crippen LogP contribution in [0.3, 0.4) is 0 Å². The van der Waals surface area contributed by atoms with Crippen LogP contribution in [0.25, 0.3) is 11.5 Å². The van der Waals surface area contributed by atoms with Gasteiger partial charge in [0.15, 0.2) is 5.76 Å². The standard InChI is InChI=1S/C15H19N3O3S/c1-11(12-5-3-2-4-6-12)18-22(19,20)15-8-7-14(21-15)13-9-10-16-17-13/h5,7-11,18H,2-4,6H2,1H3,(H,16,17)/t11-/m1/s1. The van der Waals surface area contributed by atoms with Gasteiger partial charge in [0.1, 0.15) is 5.69 Å². The molecule has 0 amide bonds. The Balaban J connectivity index is 1.77. The Kier molecular flexibility index (Phi) is 4.17. The van der Waals surface area contributed by atoms with Gasteiger partial charge in [-0.25, -0.2) is 13.1 Å². The zero-order valence-corrected chi connectivity index (χ0v) is 13.2. The number of aromatic amines is 1. The van der Waals surface area contributed by atoms with E-state index >= 15 is 0 Å². The van der Waals surface area contributed by atoms with Gasteiger partial charge in [-0.1, -0.05) is 11.6 Å². The minimum Gasteiger partial charge on any atom is -0.442 e. The average Bonchev–Trinajstić information content (AvgIpc) is 3.19. The van der Waals surface area contributed by atoms with Gasteiger partial charge in [0.2, 0.25) is 5.09 Å². The maximum absolute atomic E-state index is 12.4. The monoisotopic (exact) mass is 321 g/mol. The number of aromatic nitrogens is 2. The molecule has 0 bridgehead atoms. The maximum atomic E-state index is 12.4. The Morgan fingerprint density at radius 1 is 1.32 bits per heavy atom. The topological polar surface area (TPSA) is 88.0 Å². The first kappa shape index (κ1) is 15.1. The van der Waals surface area contributed by atoms with Crippen molar-refractivity contribution in [2.24, 2.45) is 0 Å². The van der Waals surface area contributed by atoms with Gasteiger partial charge >= 0.3 is 0 Å². The van der Waals surface area contributed by atoms with Gasteiger partial charge in [-0.15, -0.1) is 0 Å². The van der Waals surface area contributed by atoms with E-state index in [1.54, 1.807) is 18.3 Å². The third-order valence-electron chi connectivity index (χ3n) is 3.83. The first-order valence-corrected chi connectivity index (χ1v) is 8.85. The minimum absolute atomic E-state index is 0.0830. The largest absolute Gasteiger partial charge is 0.442 e. The van der Waals surface area contributed by atoms with Gasteiger partial charge in [0.25, 0.3) is 10.0 Å². The second-order valence-corrected chi connectivity index (χ2v) is 7.10. The van der Waals surface area contributed by atoms with E-state index in [1.165, 1.54) is 12.5 Å². The highest BCUT2D eigenvalue weighted by atomic mass is 32.2. The van der Waals surface area contributed by atoms with Gasteiger partial charge in [0.05, 0.1) is 0 Å².